The van der Waals surface area contributed by atoms with E-state index in [-0.39, 0.29) is 24.4 Å². The molecule has 1 saturated heterocycles. The minimum absolute atomic E-state index is 0.0766. The molecule has 8 nitrogen and oxygen atoms in total. The number of aliphatic hydroxyl groups excluding tert-OH is 1. The second-order valence-corrected chi connectivity index (χ2v) is 9.05. The Morgan fingerprint density at radius 1 is 1.25 bits per heavy atom. The van der Waals surface area contributed by atoms with E-state index in [0.717, 1.165) is 12.1 Å². The summed E-state index contributed by atoms with van der Waals surface area (Å²) in [6.45, 7) is 3.82. The Bertz CT molecular complexity index is 1210. The number of rotatable bonds is 8. The fourth-order valence-electron chi connectivity index (χ4n) is 4.67. The molecule has 0 saturated carbocycles. The summed E-state index contributed by atoms with van der Waals surface area (Å²) in [5.74, 6) is -0.806. The fraction of sp³-hybridized carbons (Fsp3) is 0.458. The van der Waals surface area contributed by atoms with Gasteiger partial charge in [0.1, 0.15) is 17.8 Å². The number of amides is 1. The quantitative estimate of drug-likeness (QED) is 0.454. The number of carbonyl (C=O) groups excluding carboxylic acids is 1. The molecule has 194 valence electrons. The molecule has 4 rings (SSSR count). The number of nitrogens with zero attached hydrogens (tertiary/aromatic N) is 5. The van der Waals surface area contributed by atoms with Crippen LogP contribution in [0.5, 0.6) is 0 Å². The molecule has 1 aliphatic rings. The van der Waals surface area contributed by atoms with E-state index in [4.69, 9.17) is 5.73 Å². The Morgan fingerprint density at radius 3 is 2.58 bits per heavy atom. The van der Waals surface area contributed by atoms with Crippen LogP contribution in [0.1, 0.15) is 24.5 Å². The largest absolute Gasteiger partial charge is 0.416 e. The van der Waals surface area contributed by atoms with Crippen molar-refractivity contribution >= 4 is 22.8 Å². The maximum atomic E-state index is 15.2. The van der Waals surface area contributed by atoms with Crippen molar-refractivity contribution in [3.05, 3.63) is 53.7 Å². The molecule has 2 aromatic heterocycles. The van der Waals surface area contributed by atoms with Crippen LogP contribution in [0, 0.1) is 11.7 Å². The lowest BCUT2D eigenvalue weighted by molar-refractivity contribution is -0.137. The number of hydrogen-bond donors (Lipinski definition) is 2. The molecular weight excluding hydrogens is 480 g/mol. The number of β-amino-alcohol motifs (C(OH)–C–C–N with tert-alkyl or cyclic N) is 1. The third-order valence-corrected chi connectivity index (χ3v) is 6.54. The van der Waals surface area contributed by atoms with Crippen molar-refractivity contribution in [3.8, 4) is 0 Å². The van der Waals surface area contributed by atoms with Gasteiger partial charge in [0, 0.05) is 38.3 Å². The molecule has 3 heterocycles. The molecule has 1 aliphatic heterocycles. The minimum Gasteiger partial charge on any atom is -0.391 e. The van der Waals surface area contributed by atoms with Gasteiger partial charge in [-0.1, -0.05) is 12.1 Å². The monoisotopic (exact) mass is 508 g/mol. The molecule has 1 unspecified atom stereocenters. The van der Waals surface area contributed by atoms with Gasteiger partial charge in [0.05, 0.1) is 23.6 Å². The Balaban J connectivity index is 1.55. The van der Waals surface area contributed by atoms with Gasteiger partial charge >= 0.3 is 6.18 Å². The summed E-state index contributed by atoms with van der Waals surface area (Å²) in [4.78, 5) is 23.3. The summed E-state index contributed by atoms with van der Waals surface area (Å²) in [5.41, 5.74) is 5.51. The highest BCUT2D eigenvalue weighted by molar-refractivity contribution is 5.88. The van der Waals surface area contributed by atoms with E-state index in [2.05, 4.69) is 9.97 Å². The lowest BCUT2D eigenvalue weighted by atomic mass is 9.93. The average molecular weight is 509 g/mol. The number of fused-ring (bicyclic) bond motifs is 1. The van der Waals surface area contributed by atoms with E-state index < -0.39 is 29.6 Å². The summed E-state index contributed by atoms with van der Waals surface area (Å²) in [6, 6.07) is 4.85. The summed E-state index contributed by atoms with van der Waals surface area (Å²) in [5, 5.41) is 10.8. The third-order valence-electron chi connectivity index (χ3n) is 6.54. The molecule has 3 aromatic rings. The molecule has 0 bridgehead atoms. The number of likely N-dealkylation sites (tertiary alicyclic amines) is 1. The number of alkyl halides is 3. The highest BCUT2D eigenvalue weighted by Gasteiger charge is 2.31. The molecule has 1 amide bonds. The number of carbonyl (C=O) groups is 1. The molecule has 1 fully saturated rings. The average Bonchev–Trinajstić information content (AvgIpc) is 3.14. The van der Waals surface area contributed by atoms with E-state index in [1.165, 1.54) is 24.7 Å². The summed E-state index contributed by atoms with van der Waals surface area (Å²) >= 11 is 0. The number of anilines is 1. The van der Waals surface area contributed by atoms with E-state index in [1.54, 1.807) is 14.4 Å². The van der Waals surface area contributed by atoms with Crippen LogP contribution in [0.4, 0.5) is 23.4 Å². The first-order valence-corrected chi connectivity index (χ1v) is 11.7. The molecule has 0 spiro atoms. The number of benzene rings is 1. The molecule has 1 aromatic carbocycles. The van der Waals surface area contributed by atoms with E-state index in [1.807, 2.05) is 6.92 Å². The third kappa shape index (κ3) is 5.59. The van der Waals surface area contributed by atoms with Gasteiger partial charge in [-0.25, -0.2) is 14.4 Å². The zero-order chi connectivity index (χ0) is 26.0. The maximum Gasteiger partial charge on any atom is 0.416 e. The van der Waals surface area contributed by atoms with Crippen LogP contribution in [0.3, 0.4) is 0 Å². The molecule has 0 aliphatic carbocycles. The van der Waals surface area contributed by atoms with Gasteiger partial charge in [0.15, 0.2) is 5.82 Å². The summed E-state index contributed by atoms with van der Waals surface area (Å²) in [6.07, 6.45) is -1.87. The van der Waals surface area contributed by atoms with Crippen molar-refractivity contribution < 1.29 is 27.5 Å². The number of primary amides is 1. The lowest BCUT2D eigenvalue weighted by Crippen LogP contribution is -2.47. The van der Waals surface area contributed by atoms with Crippen LogP contribution in [0.25, 0.3) is 11.0 Å². The van der Waals surface area contributed by atoms with Crippen LogP contribution in [-0.2, 0) is 24.1 Å². The zero-order valence-corrected chi connectivity index (χ0v) is 19.7. The second-order valence-electron chi connectivity index (χ2n) is 9.05. The smallest absolute Gasteiger partial charge is 0.391 e. The Kier molecular flexibility index (Phi) is 7.46. The highest BCUT2D eigenvalue weighted by atomic mass is 19.4. The standard InChI is InChI=1S/C24H28F4N6O2/c1-2-33(9-15-3-5-17(6-4-15)24(26,27)28)22-21-18(25)11-34(23(21)31-14-30-22)10-16-7-8-32(12-19(16)35)13-20(29)36/h3-6,11,14,16,19,35H,2,7-10,12-13H2,1H3,(H2,29,36)/t16?,19-/m0/s1. The number of nitrogens with two attached hydrogens (primary N) is 1. The minimum atomic E-state index is -4.42. The van der Waals surface area contributed by atoms with E-state index in [9.17, 15) is 23.1 Å². The molecule has 2 atom stereocenters. The van der Waals surface area contributed by atoms with Crippen molar-refractivity contribution in [1.82, 2.24) is 19.4 Å². The number of aromatic nitrogens is 3. The zero-order valence-electron chi connectivity index (χ0n) is 19.7. The second kappa shape index (κ2) is 10.4. The van der Waals surface area contributed by atoms with Gasteiger partial charge in [-0.3, -0.25) is 9.69 Å². The van der Waals surface area contributed by atoms with Crippen molar-refractivity contribution in [3.63, 3.8) is 0 Å². The van der Waals surface area contributed by atoms with Gasteiger partial charge < -0.3 is 20.3 Å². The first-order valence-electron chi connectivity index (χ1n) is 11.7. The van der Waals surface area contributed by atoms with Crippen molar-refractivity contribution in [2.24, 2.45) is 11.7 Å². The summed E-state index contributed by atoms with van der Waals surface area (Å²) < 4.78 is 55.5. The van der Waals surface area contributed by atoms with Crippen molar-refractivity contribution in [1.29, 1.82) is 0 Å². The number of hydrogen-bond acceptors (Lipinski definition) is 6. The predicted octanol–water partition coefficient (Wildman–Crippen LogP) is 2.78. The van der Waals surface area contributed by atoms with E-state index >= 15 is 4.39 Å². The van der Waals surface area contributed by atoms with E-state index in [0.29, 0.717) is 49.6 Å². The summed E-state index contributed by atoms with van der Waals surface area (Å²) in [7, 11) is 0. The SMILES string of the molecule is CCN(Cc1ccc(C(F)(F)F)cc1)c1ncnc2c1c(F)cn2CC1CCN(CC(N)=O)C[C@@H]1O. The first kappa shape index (κ1) is 25.8. The lowest BCUT2D eigenvalue weighted by Gasteiger charge is -2.35. The first-order chi connectivity index (χ1) is 17.1. The Labute approximate surface area is 205 Å². The highest BCUT2D eigenvalue weighted by Crippen LogP contribution is 2.32. The molecular formula is C24H28F4N6O2. The van der Waals surface area contributed by atoms with Crippen molar-refractivity contribution in [2.75, 3.05) is 31.1 Å². The van der Waals surface area contributed by atoms with Crippen LogP contribution >= 0.6 is 0 Å². The number of piperidine rings is 1. The number of aliphatic hydroxyl groups is 1. The van der Waals surface area contributed by atoms with Gasteiger partial charge in [-0.15, -0.1) is 0 Å². The molecule has 12 heteroatoms. The van der Waals surface area contributed by atoms with Crippen molar-refractivity contribution in [2.45, 2.75) is 38.7 Å². The van der Waals surface area contributed by atoms with Crippen LogP contribution < -0.4 is 10.6 Å². The molecule has 36 heavy (non-hydrogen) atoms. The Morgan fingerprint density at radius 2 is 1.97 bits per heavy atom. The van der Waals surface area contributed by atoms with Crippen LogP contribution in [-0.4, -0.2) is 62.7 Å². The topological polar surface area (TPSA) is 101 Å². The van der Waals surface area contributed by atoms with Gasteiger partial charge in [-0.05, 0) is 37.6 Å². The van der Waals surface area contributed by atoms with Gasteiger partial charge in [0.2, 0.25) is 5.91 Å². The number of halogens is 4. The fourth-order valence-corrected chi connectivity index (χ4v) is 4.67. The normalized spacial score (nSPS) is 19.1. The molecule has 3 N–H and O–H groups in total. The van der Waals surface area contributed by atoms with Crippen LogP contribution in [0.2, 0.25) is 0 Å². The van der Waals surface area contributed by atoms with Gasteiger partial charge in [0.25, 0.3) is 0 Å². The Hall–Kier alpha value is -3.25. The van der Waals surface area contributed by atoms with Gasteiger partial charge in [-0.2, -0.15) is 13.2 Å². The predicted molar refractivity (Wildman–Crippen MR) is 125 cm³/mol. The van der Waals surface area contributed by atoms with Crippen LogP contribution in [0.15, 0.2) is 36.8 Å². The maximum absolute atomic E-state index is 15.2. The molecule has 0 radical (unpaired) electrons.